The normalized spacial score (nSPS) is 8.25. The molecule has 0 radical (unpaired) electrons. The molecular weight excluding hydrogens is 172 g/mol. The van der Waals surface area contributed by atoms with Crippen molar-refractivity contribution < 1.29 is 17.5 Å². The van der Waals surface area contributed by atoms with E-state index in [2.05, 4.69) is 20.6 Å². The van der Waals surface area contributed by atoms with Gasteiger partial charge < -0.3 is 8.37 Å². The first-order valence-corrected chi connectivity index (χ1v) is 3.12. The van der Waals surface area contributed by atoms with Gasteiger partial charge in [-0.15, -0.1) is 0 Å². The third kappa shape index (κ3) is 4.47. The zero-order valence-electron chi connectivity index (χ0n) is 3.44. The highest BCUT2D eigenvalue weighted by molar-refractivity contribution is 7.92. The minimum Gasteiger partial charge on any atom is -0.354 e. The van der Waals surface area contributed by atoms with Crippen LogP contribution in [0.15, 0.2) is 0 Å². The van der Waals surface area contributed by atoms with Crippen LogP contribution in [-0.4, -0.2) is 14.3 Å². The molecule has 0 aliphatic heterocycles. The van der Waals surface area contributed by atoms with Gasteiger partial charge in [0.1, 0.15) is 0 Å². The Bertz CT molecular complexity index is 65.7. The van der Waals surface area contributed by atoms with Crippen molar-refractivity contribution in [2.45, 2.75) is 0 Å². The van der Waals surface area contributed by atoms with Crippen molar-refractivity contribution in [1.29, 1.82) is 0 Å². The second-order valence-electron chi connectivity index (χ2n) is 0.566. The molecule has 48 valence electrons. The molecule has 8 heavy (non-hydrogen) atoms. The maximum Gasteiger partial charge on any atom is 0.381 e. The molecular formula is CH2O4S3. The van der Waals surface area contributed by atoms with Gasteiger partial charge in [-0.25, -0.2) is 0 Å². The van der Waals surface area contributed by atoms with E-state index in [4.69, 9.17) is 9.11 Å². The lowest BCUT2D eigenvalue weighted by Gasteiger charge is -1.95. The number of rotatable bonds is 2. The van der Waals surface area contributed by atoms with Crippen molar-refractivity contribution >= 4 is 42.1 Å². The van der Waals surface area contributed by atoms with Gasteiger partial charge in [0.05, 0.1) is 0 Å². The van der Waals surface area contributed by atoms with E-state index in [1.54, 1.807) is 0 Å². The first-order valence-electron chi connectivity index (χ1n) is 1.31. The lowest BCUT2D eigenvalue weighted by atomic mass is 11.5. The molecule has 0 aliphatic carbocycles. The monoisotopic (exact) mass is 174 g/mol. The second kappa shape index (κ2) is 5.45. The summed E-state index contributed by atoms with van der Waals surface area (Å²) in [6.45, 7) is 0. The largest absolute Gasteiger partial charge is 0.381 e. The molecule has 7 heteroatoms. The average molecular weight is 174 g/mol. The minimum atomic E-state index is -0.329. The molecule has 0 saturated heterocycles. The third-order valence-corrected chi connectivity index (χ3v) is 1.04. The van der Waals surface area contributed by atoms with Crippen LogP contribution in [0.25, 0.3) is 0 Å². The summed E-state index contributed by atoms with van der Waals surface area (Å²) in [4.78, 5) is 0. The van der Waals surface area contributed by atoms with Crippen LogP contribution >= 0.6 is 36.9 Å². The van der Waals surface area contributed by atoms with Crippen LogP contribution in [0.4, 0.5) is 0 Å². The van der Waals surface area contributed by atoms with Crippen LogP contribution in [0.5, 0.6) is 0 Å². The van der Waals surface area contributed by atoms with Crippen molar-refractivity contribution in [3.63, 3.8) is 0 Å². The molecule has 4 nitrogen and oxygen atoms in total. The van der Waals surface area contributed by atoms with Gasteiger partial charge in [0.25, 0.3) is 0 Å². The SMILES string of the molecule is OSOC(=S)OSO. The quantitative estimate of drug-likeness (QED) is 0.486. The fourth-order valence-electron chi connectivity index (χ4n) is 0.0747. The molecule has 0 heterocycles. The summed E-state index contributed by atoms with van der Waals surface area (Å²) in [7, 11) is 0. The summed E-state index contributed by atoms with van der Waals surface area (Å²) >= 11 is 4.36. The van der Waals surface area contributed by atoms with E-state index in [1.807, 2.05) is 0 Å². The second-order valence-corrected chi connectivity index (χ2v) is 1.53. The van der Waals surface area contributed by atoms with E-state index < -0.39 is 0 Å². The molecule has 0 aromatic heterocycles. The molecule has 0 atom stereocenters. The van der Waals surface area contributed by atoms with Gasteiger partial charge in [0.2, 0.25) is 24.6 Å². The molecule has 0 saturated carbocycles. The van der Waals surface area contributed by atoms with Gasteiger partial charge in [-0.1, -0.05) is 0 Å². The van der Waals surface area contributed by atoms with Crippen molar-refractivity contribution in [2.75, 3.05) is 0 Å². The van der Waals surface area contributed by atoms with E-state index in [0.29, 0.717) is 0 Å². The van der Waals surface area contributed by atoms with Crippen molar-refractivity contribution in [2.24, 2.45) is 0 Å². The van der Waals surface area contributed by atoms with Gasteiger partial charge in [-0.3, -0.25) is 9.11 Å². The van der Waals surface area contributed by atoms with E-state index in [1.165, 1.54) is 0 Å². The Labute approximate surface area is 60.0 Å². The van der Waals surface area contributed by atoms with Crippen LogP contribution in [-0.2, 0) is 8.37 Å². The van der Waals surface area contributed by atoms with Crippen LogP contribution in [0.1, 0.15) is 0 Å². The van der Waals surface area contributed by atoms with Gasteiger partial charge in [-0.05, 0) is 0 Å². The summed E-state index contributed by atoms with van der Waals surface area (Å²) in [5.41, 5.74) is 0. The molecule has 0 aromatic carbocycles. The Morgan fingerprint density at radius 1 is 1.25 bits per heavy atom. The smallest absolute Gasteiger partial charge is 0.354 e. The molecule has 0 bridgehead atoms. The number of hydrogen-bond donors (Lipinski definition) is 2. The molecule has 0 spiro atoms. The first-order chi connectivity index (χ1) is 3.81. The Hall–Kier alpha value is 0.310. The van der Waals surface area contributed by atoms with E-state index in [9.17, 15) is 0 Å². The van der Waals surface area contributed by atoms with Crippen LogP contribution in [0.2, 0.25) is 0 Å². The highest BCUT2D eigenvalue weighted by atomic mass is 32.2. The van der Waals surface area contributed by atoms with Crippen LogP contribution < -0.4 is 0 Å². The highest BCUT2D eigenvalue weighted by Crippen LogP contribution is 2.03. The third-order valence-electron chi connectivity index (χ3n) is 0.211. The van der Waals surface area contributed by atoms with Gasteiger partial charge in [0.15, 0.2) is 0 Å². The predicted molar refractivity (Wildman–Crippen MR) is 35.2 cm³/mol. The highest BCUT2D eigenvalue weighted by Gasteiger charge is 1.95. The van der Waals surface area contributed by atoms with E-state index in [-0.39, 0.29) is 29.9 Å². The van der Waals surface area contributed by atoms with Gasteiger partial charge >= 0.3 is 5.24 Å². The van der Waals surface area contributed by atoms with Gasteiger partial charge in [0, 0.05) is 12.2 Å². The summed E-state index contributed by atoms with van der Waals surface area (Å²) in [6, 6.07) is 0. The lowest BCUT2D eigenvalue weighted by molar-refractivity contribution is 0.428. The van der Waals surface area contributed by atoms with Crippen molar-refractivity contribution in [3.8, 4) is 0 Å². The molecule has 0 amide bonds. The Morgan fingerprint density at radius 2 is 1.62 bits per heavy atom. The molecule has 0 rings (SSSR count). The van der Waals surface area contributed by atoms with Crippen molar-refractivity contribution in [3.05, 3.63) is 0 Å². The topological polar surface area (TPSA) is 58.9 Å². The van der Waals surface area contributed by atoms with Crippen LogP contribution in [0.3, 0.4) is 0 Å². The maximum atomic E-state index is 7.90. The Morgan fingerprint density at radius 3 is 1.88 bits per heavy atom. The molecule has 0 aliphatic rings. The summed E-state index contributed by atoms with van der Waals surface area (Å²) in [6.07, 6.45) is 0. The predicted octanol–water partition coefficient (Wildman–Crippen LogP) is 1.55. The first kappa shape index (κ1) is 8.31. The average Bonchev–Trinajstić information content (AvgIpc) is 1.68. The molecule has 0 unspecified atom stereocenters. The zero-order chi connectivity index (χ0) is 6.41. The fourth-order valence-corrected chi connectivity index (χ4v) is 0.490. The Balaban J connectivity index is 3.06. The number of hydrogen-bond acceptors (Lipinski definition) is 7. The molecule has 0 aromatic rings. The number of thiocarbonyl (C=S) groups is 1. The molecule has 2 N–H and O–H groups in total. The summed E-state index contributed by atoms with van der Waals surface area (Å²) < 4.78 is 24.0. The summed E-state index contributed by atoms with van der Waals surface area (Å²) in [5, 5.41) is -0.329. The lowest BCUT2D eigenvalue weighted by Crippen LogP contribution is -1.94. The zero-order valence-corrected chi connectivity index (χ0v) is 5.89. The summed E-state index contributed by atoms with van der Waals surface area (Å²) in [5.74, 6) is 0. The Kier molecular flexibility index (Phi) is 5.66. The van der Waals surface area contributed by atoms with Crippen LogP contribution in [0, 0.1) is 0 Å². The van der Waals surface area contributed by atoms with Crippen molar-refractivity contribution in [1.82, 2.24) is 0 Å². The van der Waals surface area contributed by atoms with E-state index in [0.717, 1.165) is 0 Å². The van der Waals surface area contributed by atoms with Gasteiger partial charge in [-0.2, -0.15) is 0 Å². The van der Waals surface area contributed by atoms with E-state index >= 15 is 0 Å². The maximum absolute atomic E-state index is 7.90. The minimum absolute atomic E-state index is 0.0590. The molecule has 0 fully saturated rings. The fraction of sp³-hybridized carbons (Fsp3) is 0. The standard InChI is InChI=1S/CH2O4S3/c2-7-4-1(6)5-8-3/h2-3H.